The van der Waals surface area contributed by atoms with Crippen molar-refractivity contribution in [3.05, 3.63) is 51.6 Å². The number of nitrogens with zero attached hydrogens (tertiary/aromatic N) is 4. The second-order valence-electron chi connectivity index (χ2n) is 7.20. The number of aromatic amines is 1. The molecule has 2 N–H and O–H groups in total. The lowest BCUT2D eigenvalue weighted by molar-refractivity contribution is -0.914. The Balaban J connectivity index is 1.84. The van der Waals surface area contributed by atoms with Crippen molar-refractivity contribution in [1.82, 2.24) is 25.2 Å². The maximum absolute atomic E-state index is 13.0. The van der Waals surface area contributed by atoms with E-state index < -0.39 is 0 Å². The van der Waals surface area contributed by atoms with Crippen molar-refractivity contribution in [2.75, 3.05) is 26.8 Å². The van der Waals surface area contributed by atoms with Crippen LogP contribution in [0.1, 0.15) is 35.8 Å². The van der Waals surface area contributed by atoms with Gasteiger partial charge in [0.15, 0.2) is 6.04 Å². The summed E-state index contributed by atoms with van der Waals surface area (Å²) in [6, 6.07) is 7.88. The minimum Gasteiger partial charge on any atom is -0.383 e. The summed E-state index contributed by atoms with van der Waals surface area (Å²) in [4.78, 5) is 17.3. The number of pyridine rings is 1. The van der Waals surface area contributed by atoms with E-state index >= 15 is 0 Å². The van der Waals surface area contributed by atoms with Crippen molar-refractivity contribution in [3.63, 3.8) is 0 Å². The number of ether oxygens (including phenoxy) is 1. The number of H-pyrrole nitrogens is 1. The van der Waals surface area contributed by atoms with Gasteiger partial charge in [-0.15, -0.1) is 5.10 Å². The molecule has 27 heavy (non-hydrogen) atoms. The van der Waals surface area contributed by atoms with E-state index in [2.05, 4.69) is 33.5 Å². The summed E-state index contributed by atoms with van der Waals surface area (Å²) in [6.07, 6.45) is 2.30. The van der Waals surface area contributed by atoms with E-state index in [1.54, 1.807) is 11.8 Å². The molecule has 0 bridgehead atoms. The monoisotopic (exact) mass is 369 g/mol. The van der Waals surface area contributed by atoms with Crippen molar-refractivity contribution in [2.45, 2.75) is 32.4 Å². The van der Waals surface area contributed by atoms with Crippen LogP contribution >= 0.6 is 0 Å². The highest BCUT2D eigenvalue weighted by molar-refractivity contribution is 5.79. The second-order valence-corrected chi connectivity index (χ2v) is 7.20. The van der Waals surface area contributed by atoms with E-state index in [1.807, 2.05) is 18.2 Å². The smallest absolute Gasteiger partial charge is 0.258 e. The summed E-state index contributed by atoms with van der Waals surface area (Å²) in [7, 11) is 1.66. The molecule has 0 saturated carbocycles. The highest BCUT2D eigenvalue weighted by Gasteiger charge is 2.35. The Hall–Kier alpha value is -2.58. The Labute approximate surface area is 157 Å². The van der Waals surface area contributed by atoms with Crippen LogP contribution in [0.25, 0.3) is 10.9 Å². The molecule has 1 saturated heterocycles. The third-order valence-electron chi connectivity index (χ3n) is 5.32. The van der Waals surface area contributed by atoms with Crippen LogP contribution in [0.15, 0.2) is 29.1 Å². The number of methoxy groups -OCH3 is 1. The van der Waals surface area contributed by atoms with Crippen molar-refractivity contribution < 1.29 is 9.64 Å². The van der Waals surface area contributed by atoms with Crippen molar-refractivity contribution in [2.24, 2.45) is 0 Å². The zero-order chi connectivity index (χ0) is 18.8. The molecule has 3 heterocycles. The van der Waals surface area contributed by atoms with Crippen LogP contribution in [-0.2, 0) is 11.3 Å². The van der Waals surface area contributed by atoms with Gasteiger partial charge in [-0.3, -0.25) is 4.79 Å². The number of fused-ring (bicyclic) bond motifs is 1. The number of hydrogen-bond acceptors (Lipinski definition) is 5. The summed E-state index contributed by atoms with van der Waals surface area (Å²) in [6.45, 7) is 5.15. The number of quaternary nitrogens is 1. The Bertz CT molecular complexity index is 989. The molecule has 3 aromatic rings. The molecule has 1 atom stereocenters. The number of likely N-dealkylation sites (tertiary alicyclic amines) is 1. The lowest BCUT2D eigenvalue weighted by atomic mass is 10.0. The fraction of sp³-hybridized carbons (Fsp3) is 0.474. The van der Waals surface area contributed by atoms with Crippen LogP contribution < -0.4 is 10.5 Å². The zero-order valence-corrected chi connectivity index (χ0v) is 15.7. The van der Waals surface area contributed by atoms with Crippen LogP contribution in [-0.4, -0.2) is 52.0 Å². The maximum Gasteiger partial charge on any atom is 0.258 e. The van der Waals surface area contributed by atoms with E-state index in [0.717, 1.165) is 53.8 Å². The quantitative estimate of drug-likeness (QED) is 0.650. The molecule has 1 aliphatic heterocycles. The predicted molar refractivity (Wildman–Crippen MR) is 101 cm³/mol. The molecule has 4 rings (SSSR count). The Morgan fingerprint density at radius 2 is 2.11 bits per heavy atom. The summed E-state index contributed by atoms with van der Waals surface area (Å²) in [5.74, 6) is 0.724. The first-order chi connectivity index (χ1) is 13.2. The van der Waals surface area contributed by atoms with Crippen LogP contribution in [0.5, 0.6) is 0 Å². The molecule has 0 unspecified atom stereocenters. The molecule has 0 spiro atoms. The van der Waals surface area contributed by atoms with Crippen molar-refractivity contribution in [1.29, 1.82) is 0 Å². The SMILES string of the molecule is COCCn1nnnc1[C@H](c1cc2cc(C)ccc2[nH]c1=O)[NH+]1CCCC1. The highest BCUT2D eigenvalue weighted by atomic mass is 16.5. The molecule has 142 valence electrons. The average Bonchev–Trinajstić information content (AvgIpc) is 3.34. The van der Waals surface area contributed by atoms with Gasteiger partial charge in [-0.1, -0.05) is 11.6 Å². The van der Waals surface area contributed by atoms with Crippen LogP contribution in [0.4, 0.5) is 0 Å². The third-order valence-corrected chi connectivity index (χ3v) is 5.32. The fourth-order valence-electron chi connectivity index (χ4n) is 3.97. The van der Waals surface area contributed by atoms with E-state index in [1.165, 1.54) is 4.90 Å². The topological polar surface area (TPSA) is 90.1 Å². The summed E-state index contributed by atoms with van der Waals surface area (Å²) < 4.78 is 6.95. The normalized spacial score (nSPS) is 16.2. The molecule has 8 heteroatoms. The lowest BCUT2D eigenvalue weighted by Gasteiger charge is -2.23. The van der Waals surface area contributed by atoms with Gasteiger partial charge >= 0.3 is 0 Å². The van der Waals surface area contributed by atoms with Gasteiger partial charge in [-0.2, -0.15) is 0 Å². The van der Waals surface area contributed by atoms with E-state index in [9.17, 15) is 4.79 Å². The molecule has 0 amide bonds. The number of nitrogens with one attached hydrogen (secondary N) is 2. The molecule has 1 fully saturated rings. The number of benzene rings is 1. The standard InChI is InChI=1S/C19H24N6O2/c1-13-5-6-16-14(11-13)12-15(19(26)20-16)17(24-7-3-4-8-24)18-21-22-23-25(18)9-10-27-2/h5-6,11-12,17H,3-4,7-10H2,1-2H3,(H,20,26)/p+1/t17-/m0/s1. The van der Waals surface area contributed by atoms with Crippen LogP contribution in [0.2, 0.25) is 0 Å². The minimum atomic E-state index is -0.187. The van der Waals surface area contributed by atoms with E-state index in [-0.39, 0.29) is 11.6 Å². The van der Waals surface area contributed by atoms with Gasteiger partial charge in [0.05, 0.1) is 31.8 Å². The van der Waals surface area contributed by atoms with Gasteiger partial charge in [0, 0.05) is 25.5 Å². The first-order valence-electron chi connectivity index (χ1n) is 9.40. The molecular formula is C19H25N6O2+. The van der Waals surface area contributed by atoms with Crippen molar-refractivity contribution >= 4 is 10.9 Å². The predicted octanol–water partition coefficient (Wildman–Crippen LogP) is 0.238. The molecule has 1 aliphatic rings. The fourth-order valence-corrected chi connectivity index (χ4v) is 3.97. The van der Waals surface area contributed by atoms with Gasteiger partial charge in [-0.05, 0) is 40.9 Å². The molecular weight excluding hydrogens is 344 g/mol. The molecule has 8 nitrogen and oxygen atoms in total. The zero-order valence-electron chi connectivity index (χ0n) is 15.7. The number of hydrogen-bond donors (Lipinski definition) is 2. The van der Waals surface area contributed by atoms with E-state index in [0.29, 0.717) is 13.2 Å². The second kappa shape index (κ2) is 7.58. The first kappa shape index (κ1) is 17.8. The van der Waals surface area contributed by atoms with Crippen LogP contribution in [0.3, 0.4) is 0 Å². The molecule has 0 aliphatic carbocycles. The van der Waals surface area contributed by atoms with Gasteiger partial charge < -0.3 is 14.6 Å². The highest BCUT2D eigenvalue weighted by Crippen LogP contribution is 2.20. The van der Waals surface area contributed by atoms with E-state index in [4.69, 9.17) is 4.74 Å². The Kier molecular flexibility index (Phi) is 5.00. The average molecular weight is 369 g/mol. The maximum atomic E-state index is 13.0. The Morgan fingerprint density at radius 3 is 2.89 bits per heavy atom. The first-order valence-corrected chi connectivity index (χ1v) is 9.40. The molecule has 0 radical (unpaired) electrons. The van der Waals surface area contributed by atoms with Gasteiger partial charge in [0.2, 0.25) is 5.82 Å². The minimum absolute atomic E-state index is 0.0722. The number of aromatic nitrogens is 5. The van der Waals surface area contributed by atoms with Crippen LogP contribution in [0, 0.1) is 6.92 Å². The number of rotatable bonds is 6. The van der Waals surface area contributed by atoms with Gasteiger partial charge in [-0.25, -0.2) is 4.68 Å². The third kappa shape index (κ3) is 3.50. The largest absolute Gasteiger partial charge is 0.383 e. The number of aryl methyl sites for hydroxylation is 1. The molecule has 1 aromatic carbocycles. The molecule has 2 aromatic heterocycles. The summed E-state index contributed by atoms with van der Waals surface area (Å²) in [5.41, 5.74) is 2.66. The lowest BCUT2D eigenvalue weighted by Crippen LogP contribution is -3.10. The van der Waals surface area contributed by atoms with Crippen molar-refractivity contribution in [3.8, 4) is 0 Å². The van der Waals surface area contributed by atoms with Gasteiger partial charge in [0.25, 0.3) is 5.56 Å². The number of tetrazole rings is 1. The summed E-state index contributed by atoms with van der Waals surface area (Å²) in [5, 5.41) is 13.3. The summed E-state index contributed by atoms with van der Waals surface area (Å²) >= 11 is 0. The van der Waals surface area contributed by atoms with Gasteiger partial charge in [0.1, 0.15) is 0 Å². The Morgan fingerprint density at radius 1 is 1.30 bits per heavy atom.